The van der Waals surface area contributed by atoms with Crippen LogP contribution in [0.1, 0.15) is 8.82 Å². The van der Waals surface area contributed by atoms with E-state index in [1.807, 2.05) is 0 Å². The van der Waals surface area contributed by atoms with Crippen LogP contribution in [0.4, 0.5) is 5.69 Å². The number of nitro benzene ring substituents is 1. The van der Waals surface area contributed by atoms with E-state index >= 15 is 0 Å². The first-order chi connectivity index (χ1) is 6.93. The van der Waals surface area contributed by atoms with Crippen molar-refractivity contribution in [2.75, 3.05) is 0 Å². The summed E-state index contributed by atoms with van der Waals surface area (Å²) in [5.74, 6) is 0. The van der Waals surface area contributed by atoms with Crippen LogP contribution in [0.15, 0.2) is 18.2 Å². The fourth-order valence-electron chi connectivity index (χ4n) is 0.971. The lowest BCUT2D eigenvalue weighted by Crippen LogP contribution is -2.02. The SMILES string of the molecule is O=[N+]([O-])c1cc(Cl)ccc1C(I)S(=O)[O-]. The van der Waals surface area contributed by atoms with Gasteiger partial charge in [0.1, 0.15) is 3.26 Å². The fraction of sp³-hybridized carbons (Fsp3) is 0.143. The number of nitro groups is 1. The zero-order valence-electron chi connectivity index (χ0n) is 7.05. The molecule has 0 aromatic heterocycles. The molecular weight excluding hydrogens is 357 g/mol. The molecule has 5 nitrogen and oxygen atoms in total. The lowest BCUT2D eigenvalue weighted by Gasteiger charge is -2.13. The number of nitrogens with zero attached hydrogens (tertiary/aromatic N) is 1. The van der Waals surface area contributed by atoms with E-state index in [1.54, 1.807) is 22.6 Å². The highest BCUT2D eigenvalue weighted by Gasteiger charge is 2.20. The van der Waals surface area contributed by atoms with Crippen LogP contribution in [0, 0.1) is 10.1 Å². The normalized spacial score (nSPS) is 14.6. The summed E-state index contributed by atoms with van der Waals surface area (Å²) in [6.45, 7) is 0. The van der Waals surface area contributed by atoms with Gasteiger partial charge in [0.15, 0.2) is 0 Å². The van der Waals surface area contributed by atoms with Crippen molar-refractivity contribution in [3.8, 4) is 0 Å². The van der Waals surface area contributed by atoms with Gasteiger partial charge in [0.2, 0.25) is 0 Å². The number of alkyl halides is 1. The Morgan fingerprint density at radius 3 is 2.60 bits per heavy atom. The number of hydrogen-bond donors (Lipinski definition) is 0. The lowest BCUT2D eigenvalue weighted by molar-refractivity contribution is -0.385. The molecule has 0 spiro atoms. The van der Waals surface area contributed by atoms with E-state index < -0.39 is 19.3 Å². The highest BCUT2D eigenvalue weighted by molar-refractivity contribution is 14.1. The molecule has 1 aromatic rings. The van der Waals surface area contributed by atoms with Gasteiger partial charge in [-0.2, -0.15) is 0 Å². The lowest BCUT2D eigenvalue weighted by atomic mass is 10.2. The molecule has 0 aliphatic heterocycles. The van der Waals surface area contributed by atoms with Crippen LogP contribution in [0.5, 0.6) is 0 Å². The third kappa shape index (κ3) is 3.10. The average Bonchev–Trinajstić information content (AvgIpc) is 2.16. The van der Waals surface area contributed by atoms with Gasteiger partial charge in [-0.15, -0.1) is 0 Å². The first-order valence-corrected chi connectivity index (χ1v) is 6.35. The minimum atomic E-state index is -2.41. The molecule has 15 heavy (non-hydrogen) atoms. The first kappa shape index (κ1) is 12.8. The van der Waals surface area contributed by atoms with Gasteiger partial charge >= 0.3 is 0 Å². The molecule has 2 atom stereocenters. The third-order valence-corrected chi connectivity index (χ3v) is 4.35. The van der Waals surface area contributed by atoms with E-state index in [4.69, 9.17) is 11.6 Å². The quantitative estimate of drug-likeness (QED) is 0.273. The van der Waals surface area contributed by atoms with E-state index in [0.29, 0.717) is 0 Å². The second-order valence-corrected chi connectivity index (χ2v) is 6.06. The number of hydrogen-bond acceptors (Lipinski definition) is 4. The van der Waals surface area contributed by atoms with Crippen molar-refractivity contribution in [1.29, 1.82) is 0 Å². The van der Waals surface area contributed by atoms with Crippen LogP contribution in [-0.4, -0.2) is 13.7 Å². The number of benzene rings is 1. The summed E-state index contributed by atoms with van der Waals surface area (Å²) < 4.78 is 20.4. The molecule has 0 saturated carbocycles. The van der Waals surface area contributed by atoms with Gasteiger partial charge in [-0.1, -0.05) is 34.2 Å². The van der Waals surface area contributed by atoms with Gasteiger partial charge in [-0.3, -0.25) is 14.3 Å². The van der Waals surface area contributed by atoms with E-state index in [1.165, 1.54) is 12.1 Å². The summed E-state index contributed by atoms with van der Waals surface area (Å²) in [4.78, 5) is 9.99. The Morgan fingerprint density at radius 2 is 2.13 bits per heavy atom. The summed E-state index contributed by atoms with van der Waals surface area (Å²) in [7, 11) is 0. The van der Waals surface area contributed by atoms with Crippen molar-refractivity contribution in [3.63, 3.8) is 0 Å². The second kappa shape index (κ2) is 5.19. The van der Waals surface area contributed by atoms with Crippen molar-refractivity contribution in [2.45, 2.75) is 3.26 Å². The molecule has 0 N–H and O–H groups in total. The summed E-state index contributed by atoms with van der Waals surface area (Å²) in [5.41, 5.74) is -0.163. The smallest absolute Gasteiger partial charge is 0.276 e. The minimum absolute atomic E-state index is 0.123. The standard InChI is InChI=1S/C7H5ClINO4S/c8-4-1-2-5(7(9)15(13)14)6(3-4)10(11)12/h1-3,7H,(H,13,14)/p-1. The predicted octanol–water partition coefficient (Wildman–Crippen LogP) is 2.56. The molecule has 1 aromatic carbocycles. The van der Waals surface area contributed by atoms with Gasteiger partial charge in [0.05, 0.1) is 10.5 Å². The van der Waals surface area contributed by atoms with Gasteiger partial charge in [0, 0.05) is 11.1 Å². The molecule has 2 unspecified atom stereocenters. The summed E-state index contributed by atoms with van der Waals surface area (Å²) in [5, 5.41) is 10.8. The molecule has 0 aliphatic rings. The maximum Gasteiger partial charge on any atom is 0.276 e. The van der Waals surface area contributed by atoms with Crippen LogP contribution in [-0.2, 0) is 11.1 Å². The van der Waals surface area contributed by atoms with E-state index in [-0.39, 0.29) is 16.3 Å². The summed E-state index contributed by atoms with van der Waals surface area (Å²) in [6, 6.07) is 3.89. The highest BCUT2D eigenvalue weighted by Crippen LogP contribution is 2.34. The van der Waals surface area contributed by atoms with Gasteiger partial charge in [-0.05, 0) is 23.2 Å². The molecule has 0 aliphatic carbocycles. The van der Waals surface area contributed by atoms with E-state index in [9.17, 15) is 18.9 Å². The van der Waals surface area contributed by atoms with Crippen molar-refractivity contribution in [1.82, 2.24) is 0 Å². The highest BCUT2D eigenvalue weighted by atomic mass is 127. The molecule has 8 heteroatoms. The third-order valence-electron chi connectivity index (χ3n) is 1.60. The Kier molecular flexibility index (Phi) is 4.44. The monoisotopic (exact) mass is 360 g/mol. The van der Waals surface area contributed by atoms with E-state index in [2.05, 4.69) is 0 Å². The molecule has 0 fully saturated rings. The van der Waals surface area contributed by atoms with Crippen LogP contribution < -0.4 is 0 Å². The average molecular weight is 361 g/mol. The largest absolute Gasteiger partial charge is 0.771 e. The zero-order chi connectivity index (χ0) is 11.6. The molecule has 1 rings (SSSR count). The molecule has 0 saturated heterocycles. The van der Waals surface area contributed by atoms with Crippen LogP contribution in [0.25, 0.3) is 0 Å². The Labute approximate surface area is 106 Å². The van der Waals surface area contributed by atoms with Crippen molar-refractivity contribution in [2.24, 2.45) is 0 Å². The van der Waals surface area contributed by atoms with Crippen molar-refractivity contribution in [3.05, 3.63) is 38.9 Å². The summed E-state index contributed by atoms with van der Waals surface area (Å²) in [6.07, 6.45) is 0. The molecule has 0 heterocycles. The Hall–Kier alpha value is -0.250. The van der Waals surface area contributed by atoms with Crippen LogP contribution >= 0.6 is 34.2 Å². The topological polar surface area (TPSA) is 83.3 Å². The van der Waals surface area contributed by atoms with Gasteiger partial charge in [-0.25, -0.2) is 0 Å². The Morgan fingerprint density at radius 1 is 1.53 bits per heavy atom. The van der Waals surface area contributed by atoms with E-state index in [0.717, 1.165) is 6.07 Å². The summed E-state index contributed by atoms with van der Waals surface area (Å²) >= 11 is 4.79. The second-order valence-electron chi connectivity index (χ2n) is 2.54. The zero-order valence-corrected chi connectivity index (χ0v) is 10.8. The number of rotatable bonds is 3. The molecule has 0 amide bonds. The maximum absolute atomic E-state index is 10.7. The van der Waals surface area contributed by atoms with Gasteiger partial charge in [0.25, 0.3) is 5.69 Å². The predicted molar refractivity (Wildman–Crippen MR) is 63.8 cm³/mol. The Balaban J connectivity index is 3.28. The number of halogens is 2. The van der Waals surface area contributed by atoms with Crippen molar-refractivity contribution < 1.29 is 13.7 Å². The molecule has 0 bridgehead atoms. The first-order valence-electron chi connectivity index (χ1n) is 3.59. The van der Waals surface area contributed by atoms with Crippen LogP contribution in [0.2, 0.25) is 5.02 Å². The maximum atomic E-state index is 10.7. The molecule has 0 radical (unpaired) electrons. The fourth-order valence-corrected chi connectivity index (χ4v) is 2.07. The van der Waals surface area contributed by atoms with Crippen molar-refractivity contribution >= 4 is 51.0 Å². The Bertz CT molecular complexity index is 427. The van der Waals surface area contributed by atoms with Crippen LogP contribution in [0.3, 0.4) is 0 Å². The molecule has 82 valence electrons. The minimum Gasteiger partial charge on any atom is -0.771 e. The molecular formula is C7H4ClINO4S-. The van der Waals surface area contributed by atoms with Gasteiger partial charge < -0.3 is 4.55 Å².